The number of hydrogen-bond acceptors (Lipinski definition) is 5. The van der Waals surface area contributed by atoms with Gasteiger partial charge < -0.3 is 14.7 Å². The molecule has 0 unspecified atom stereocenters. The van der Waals surface area contributed by atoms with E-state index in [0.29, 0.717) is 0 Å². The van der Waals surface area contributed by atoms with Crippen molar-refractivity contribution in [1.29, 1.82) is 0 Å². The minimum atomic E-state index is 0.132. The first-order chi connectivity index (χ1) is 12.0. The number of hydrogen-bond donors (Lipinski definition) is 0. The Morgan fingerprint density at radius 1 is 1.12 bits per heavy atom. The fourth-order valence-corrected chi connectivity index (χ4v) is 3.03. The van der Waals surface area contributed by atoms with Crippen molar-refractivity contribution in [1.82, 2.24) is 14.9 Å². The normalized spacial score (nSPS) is 14.5. The summed E-state index contributed by atoms with van der Waals surface area (Å²) < 4.78 is 0. The molecule has 0 radical (unpaired) electrons. The average molecular weight is 339 g/mol. The number of anilines is 2. The quantitative estimate of drug-likeness (QED) is 0.854. The Bertz CT molecular complexity index is 726. The Labute approximate surface area is 149 Å². The molecule has 2 aromatic rings. The van der Waals surface area contributed by atoms with Gasteiger partial charge in [-0.3, -0.25) is 4.79 Å². The van der Waals surface area contributed by atoms with Gasteiger partial charge in [0.1, 0.15) is 5.82 Å². The van der Waals surface area contributed by atoms with E-state index < -0.39 is 0 Å². The van der Waals surface area contributed by atoms with E-state index in [4.69, 9.17) is 4.98 Å². The van der Waals surface area contributed by atoms with Crippen molar-refractivity contribution in [3.8, 4) is 0 Å². The summed E-state index contributed by atoms with van der Waals surface area (Å²) in [6, 6.07) is 12.4. The Kier molecular flexibility index (Phi) is 5.16. The van der Waals surface area contributed by atoms with Crippen LogP contribution >= 0.6 is 0 Å². The summed E-state index contributed by atoms with van der Waals surface area (Å²) in [5.41, 5.74) is 2.20. The van der Waals surface area contributed by atoms with Crippen LogP contribution in [0.5, 0.6) is 0 Å². The smallest absolute Gasteiger partial charge is 0.227 e. The largest absolute Gasteiger partial charge is 0.355 e. The summed E-state index contributed by atoms with van der Waals surface area (Å²) in [7, 11) is 2.05. The van der Waals surface area contributed by atoms with E-state index >= 15 is 0 Å². The van der Waals surface area contributed by atoms with Crippen molar-refractivity contribution in [2.24, 2.45) is 0 Å². The third-order valence-corrected chi connectivity index (χ3v) is 4.49. The first kappa shape index (κ1) is 17.2. The number of carbonyl (C=O) groups excluding carboxylic acids is 1. The lowest BCUT2D eigenvalue weighted by atomic mass is 10.2. The number of amides is 1. The van der Waals surface area contributed by atoms with Gasteiger partial charge in [-0.2, -0.15) is 4.98 Å². The number of nitrogens with zero attached hydrogens (tertiary/aromatic N) is 5. The highest BCUT2D eigenvalue weighted by molar-refractivity contribution is 5.73. The fraction of sp³-hybridized carbons (Fsp3) is 0.421. The molecule has 0 saturated carbocycles. The summed E-state index contributed by atoms with van der Waals surface area (Å²) in [5.74, 6) is 1.80. The molecule has 25 heavy (non-hydrogen) atoms. The lowest BCUT2D eigenvalue weighted by Crippen LogP contribution is -2.48. The molecule has 1 aromatic carbocycles. The molecule has 0 N–H and O–H groups in total. The number of rotatable bonds is 4. The zero-order valence-corrected chi connectivity index (χ0v) is 15.1. The van der Waals surface area contributed by atoms with E-state index in [1.54, 1.807) is 6.92 Å². The first-order valence-electron chi connectivity index (χ1n) is 8.64. The summed E-state index contributed by atoms with van der Waals surface area (Å²) in [5, 5.41) is 0. The molecule has 2 heterocycles. The molecule has 0 atom stereocenters. The van der Waals surface area contributed by atoms with Crippen LogP contribution in [-0.2, 0) is 11.3 Å². The lowest BCUT2D eigenvalue weighted by molar-refractivity contribution is -0.129. The number of piperazine rings is 1. The van der Waals surface area contributed by atoms with Gasteiger partial charge in [-0.25, -0.2) is 4.98 Å². The molecule has 132 valence electrons. The zero-order valence-electron chi connectivity index (χ0n) is 15.1. The highest BCUT2D eigenvalue weighted by Gasteiger charge is 2.21. The van der Waals surface area contributed by atoms with Gasteiger partial charge >= 0.3 is 0 Å². The Morgan fingerprint density at radius 2 is 1.80 bits per heavy atom. The van der Waals surface area contributed by atoms with Gasteiger partial charge in [0.15, 0.2) is 0 Å². The highest BCUT2D eigenvalue weighted by Crippen LogP contribution is 2.19. The van der Waals surface area contributed by atoms with Crippen LogP contribution in [0, 0.1) is 6.92 Å². The molecule has 1 amide bonds. The average Bonchev–Trinajstić information content (AvgIpc) is 2.62. The molecule has 1 aromatic heterocycles. The van der Waals surface area contributed by atoms with Crippen molar-refractivity contribution in [3.63, 3.8) is 0 Å². The third kappa shape index (κ3) is 4.26. The van der Waals surface area contributed by atoms with E-state index in [1.807, 2.05) is 43.1 Å². The van der Waals surface area contributed by atoms with Crippen molar-refractivity contribution < 1.29 is 4.79 Å². The third-order valence-electron chi connectivity index (χ3n) is 4.49. The molecule has 0 aliphatic carbocycles. The van der Waals surface area contributed by atoms with Crippen molar-refractivity contribution >= 4 is 17.7 Å². The van der Waals surface area contributed by atoms with Gasteiger partial charge in [-0.05, 0) is 12.5 Å². The number of benzene rings is 1. The van der Waals surface area contributed by atoms with Gasteiger partial charge in [0.25, 0.3) is 0 Å². The lowest BCUT2D eigenvalue weighted by Gasteiger charge is -2.34. The van der Waals surface area contributed by atoms with Gasteiger partial charge in [0.05, 0.1) is 0 Å². The summed E-state index contributed by atoms with van der Waals surface area (Å²) in [4.78, 5) is 27.0. The first-order valence-corrected chi connectivity index (χ1v) is 8.64. The second-order valence-electron chi connectivity index (χ2n) is 6.50. The fourth-order valence-electron chi connectivity index (χ4n) is 3.03. The molecule has 3 rings (SSSR count). The highest BCUT2D eigenvalue weighted by atomic mass is 16.2. The second kappa shape index (κ2) is 7.51. The number of carbonyl (C=O) groups is 1. The molecule has 6 heteroatoms. The minimum Gasteiger partial charge on any atom is -0.355 e. The van der Waals surface area contributed by atoms with Crippen LogP contribution in [0.3, 0.4) is 0 Å². The van der Waals surface area contributed by atoms with Crippen molar-refractivity contribution in [2.75, 3.05) is 43.0 Å². The van der Waals surface area contributed by atoms with Crippen LogP contribution in [0.1, 0.15) is 18.2 Å². The minimum absolute atomic E-state index is 0.132. The predicted molar refractivity (Wildman–Crippen MR) is 99.8 cm³/mol. The molecular formula is C19H25N5O. The molecule has 1 aliphatic heterocycles. The van der Waals surface area contributed by atoms with Gasteiger partial charge in [0.2, 0.25) is 11.9 Å². The summed E-state index contributed by atoms with van der Waals surface area (Å²) >= 11 is 0. The van der Waals surface area contributed by atoms with E-state index in [2.05, 4.69) is 26.9 Å². The van der Waals surface area contributed by atoms with Crippen LogP contribution in [0.15, 0.2) is 36.4 Å². The maximum atomic E-state index is 11.5. The van der Waals surface area contributed by atoms with Gasteiger partial charge in [-0.15, -0.1) is 0 Å². The maximum absolute atomic E-state index is 11.5. The van der Waals surface area contributed by atoms with Gasteiger partial charge in [0, 0.05) is 58.5 Å². The molecule has 1 aliphatic rings. The van der Waals surface area contributed by atoms with Crippen molar-refractivity contribution in [3.05, 3.63) is 47.7 Å². The van der Waals surface area contributed by atoms with Gasteiger partial charge in [-0.1, -0.05) is 30.3 Å². The van der Waals surface area contributed by atoms with E-state index in [-0.39, 0.29) is 5.91 Å². The van der Waals surface area contributed by atoms with Crippen molar-refractivity contribution in [2.45, 2.75) is 20.4 Å². The van der Waals surface area contributed by atoms with Crippen LogP contribution in [-0.4, -0.2) is 54.0 Å². The van der Waals surface area contributed by atoms with Crippen LogP contribution < -0.4 is 9.80 Å². The maximum Gasteiger partial charge on any atom is 0.227 e. The Balaban J connectivity index is 1.73. The second-order valence-corrected chi connectivity index (χ2v) is 6.50. The van der Waals surface area contributed by atoms with E-state index in [1.165, 1.54) is 5.56 Å². The monoisotopic (exact) mass is 339 g/mol. The molecular weight excluding hydrogens is 314 g/mol. The summed E-state index contributed by atoms with van der Waals surface area (Å²) in [6.07, 6.45) is 0. The number of aromatic nitrogens is 2. The molecule has 1 saturated heterocycles. The SMILES string of the molecule is CC(=O)N1CCN(c2nc(C)cc(N(C)Cc3ccccc3)n2)CC1. The van der Waals surface area contributed by atoms with Crippen LogP contribution in [0.2, 0.25) is 0 Å². The predicted octanol–water partition coefficient (Wildman–Crippen LogP) is 2.09. The summed E-state index contributed by atoms with van der Waals surface area (Å²) in [6.45, 7) is 7.40. The molecule has 0 spiro atoms. The molecule has 0 bridgehead atoms. The van der Waals surface area contributed by atoms with Crippen LogP contribution in [0.4, 0.5) is 11.8 Å². The Morgan fingerprint density at radius 3 is 2.44 bits per heavy atom. The van der Waals surface area contributed by atoms with E-state index in [9.17, 15) is 4.79 Å². The molecule has 6 nitrogen and oxygen atoms in total. The van der Waals surface area contributed by atoms with Crippen LogP contribution in [0.25, 0.3) is 0 Å². The van der Waals surface area contributed by atoms with E-state index in [0.717, 1.165) is 50.2 Å². The zero-order chi connectivity index (χ0) is 17.8. The number of aryl methyl sites for hydroxylation is 1. The standard InChI is InChI=1S/C19H25N5O/c1-15-13-18(22(3)14-17-7-5-4-6-8-17)21-19(20-15)24-11-9-23(10-12-24)16(2)25/h4-8,13H,9-12,14H2,1-3H3. The molecule has 1 fully saturated rings. The topological polar surface area (TPSA) is 52.6 Å². The Hall–Kier alpha value is -2.63.